The summed E-state index contributed by atoms with van der Waals surface area (Å²) in [6.45, 7) is 0. The van der Waals surface area contributed by atoms with Gasteiger partial charge in [-0.15, -0.1) is 0 Å². The van der Waals surface area contributed by atoms with E-state index in [1.807, 2.05) is 30.3 Å². The van der Waals surface area contributed by atoms with Crippen LogP contribution in [-0.4, -0.2) is 11.1 Å². The van der Waals surface area contributed by atoms with Gasteiger partial charge < -0.3 is 9.52 Å². The van der Waals surface area contributed by atoms with Gasteiger partial charge in [0.2, 0.25) is 0 Å². The molecule has 1 N–H and O–H groups in total. The zero-order valence-corrected chi connectivity index (χ0v) is 12.5. The van der Waals surface area contributed by atoms with Crippen LogP contribution in [0.4, 0.5) is 0 Å². The molecular formula is C20H12O4. The smallest absolute Gasteiger partial charge is 0.336 e. The topological polar surface area (TPSA) is 67.5 Å². The van der Waals surface area contributed by atoms with Gasteiger partial charge in [0.25, 0.3) is 0 Å². The summed E-state index contributed by atoms with van der Waals surface area (Å²) in [5.74, 6) is -0.593. The molecule has 0 bridgehead atoms. The van der Waals surface area contributed by atoms with Gasteiger partial charge in [0.15, 0.2) is 5.43 Å². The minimum Gasteiger partial charge on any atom is -0.478 e. The number of hydrogen-bond donors (Lipinski definition) is 1. The summed E-state index contributed by atoms with van der Waals surface area (Å²) in [6, 6.07) is 18.9. The number of carboxylic acid groups (broad SMARTS) is 1. The standard InChI is InChI=1S/C20H12O4/c21-13-10-16(14-6-2-3-7-15(14)20(22)23)17-9-12-5-1-4-8-18(12)24-19(17)11-13/h1-11H,(H,22,23). The van der Waals surface area contributed by atoms with Crippen molar-refractivity contribution in [1.82, 2.24) is 0 Å². The normalized spacial score (nSPS) is 11.0. The van der Waals surface area contributed by atoms with Crippen LogP contribution < -0.4 is 5.43 Å². The molecule has 2 aliphatic rings. The summed E-state index contributed by atoms with van der Waals surface area (Å²) in [4.78, 5) is 23.6. The summed E-state index contributed by atoms with van der Waals surface area (Å²) in [5.41, 5.74) is 2.37. The maximum atomic E-state index is 12.1. The van der Waals surface area contributed by atoms with E-state index in [0.29, 0.717) is 28.0 Å². The fourth-order valence-electron chi connectivity index (χ4n) is 2.93. The first-order valence-electron chi connectivity index (χ1n) is 7.43. The Kier molecular flexibility index (Phi) is 3.17. The molecule has 4 nitrogen and oxygen atoms in total. The van der Waals surface area contributed by atoms with Crippen molar-refractivity contribution in [2.75, 3.05) is 0 Å². The maximum absolute atomic E-state index is 12.1. The number of benzene rings is 3. The van der Waals surface area contributed by atoms with Gasteiger partial charge in [-0.25, -0.2) is 4.79 Å². The minimum absolute atomic E-state index is 0.151. The zero-order chi connectivity index (χ0) is 16.7. The Hall–Kier alpha value is -3.40. The van der Waals surface area contributed by atoms with Crippen molar-refractivity contribution in [2.24, 2.45) is 0 Å². The van der Waals surface area contributed by atoms with Gasteiger partial charge in [-0.2, -0.15) is 0 Å². The van der Waals surface area contributed by atoms with Gasteiger partial charge in [-0.1, -0.05) is 36.4 Å². The lowest BCUT2D eigenvalue weighted by Crippen LogP contribution is -2.05. The largest absolute Gasteiger partial charge is 0.478 e. The number of aromatic carboxylic acids is 1. The highest BCUT2D eigenvalue weighted by Crippen LogP contribution is 2.36. The van der Waals surface area contributed by atoms with Crippen LogP contribution in [0, 0.1) is 0 Å². The molecule has 4 heteroatoms. The Balaban J connectivity index is 2.11. The third-order valence-corrected chi connectivity index (χ3v) is 4.00. The highest BCUT2D eigenvalue weighted by atomic mass is 16.4. The molecule has 24 heavy (non-hydrogen) atoms. The Morgan fingerprint density at radius 3 is 2.42 bits per heavy atom. The average molecular weight is 316 g/mol. The number of hydrogen-bond acceptors (Lipinski definition) is 3. The zero-order valence-electron chi connectivity index (χ0n) is 12.5. The molecule has 0 radical (unpaired) electrons. The maximum Gasteiger partial charge on any atom is 0.336 e. The van der Waals surface area contributed by atoms with Crippen LogP contribution in [-0.2, 0) is 0 Å². The SMILES string of the molecule is O=C(O)c1ccccc1-c1cc(=O)cc2oc3ccccc3cc1-2. The molecule has 1 aliphatic heterocycles. The van der Waals surface area contributed by atoms with Crippen molar-refractivity contribution in [3.63, 3.8) is 0 Å². The molecule has 0 aromatic heterocycles. The average Bonchev–Trinajstić information content (AvgIpc) is 2.59. The van der Waals surface area contributed by atoms with Crippen molar-refractivity contribution in [2.45, 2.75) is 0 Å². The second-order valence-electron chi connectivity index (χ2n) is 5.52. The monoisotopic (exact) mass is 316 g/mol. The number of carbonyl (C=O) groups is 1. The Morgan fingerprint density at radius 1 is 0.833 bits per heavy atom. The fraction of sp³-hybridized carbons (Fsp3) is 0. The lowest BCUT2D eigenvalue weighted by Gasteiger charge is -2.13. The number of para-hydroxylation sites is 1. The van der Waals surface area contributed by atoms with Crippen LogP contribution in [0.15, 0.2) is 75.9 Å². The van der Waals surface area contributed by atoms with E-state index >= 15 is 0 Å². The summed E-state index contributed by atoms with van der Waals surface area (Å²) in [6.07, 6.45) is 0. The summed E-state index contributed by atoms with van der Waals surface area (Å²) in [5, 5.41) is 10.3. The van der Waals surface area contributed by atoms with Crippen LogP contribution in [0.2, 0.25) is 0 Å². The molecule has 116 valence electrons. The Morgan fingerprint density at radius 2 is 1.58 bits per heavy atom. The number of rotatable bonds is 2. The lowest BCUT2D eigenvalue weighted by atomic mass is 9.93. The predicted octanol–water partition coefficient (Wildman–Crippen LogP) is 4.26. The number of fused-ring (bicyclic) bond motifs is 2. The van der Waals surface area contributed by atoms with Crippen molar-refractivity contribution < 1.29 is 14.3 Å². The van der Waals surface area contributed by atoms with Crippen LogP contribution in [0.3, 0.4) is 0 Å². The Bertz CT molecular complexity index is 1110. The molecule has 1 heterocycles. The third kappa shape index (κ3) is 2.25. The molecule has 0 saturated heterocycles. The molecule has 0 atom stereocenters. The van der Waals surface area contributed by atoms with Gasteiger partial charge in [-0.05, 0) is 35.4 Å². The first-order valence-corrected chi connectivity index (χ1v) is 7.43. The number of carboxylic acids is 1. The molecule has 4 rings (SSSR count). The van der Waals surface area contributed by atoms with Crippen molar-refractivity contribution in [3.05, 3.63) is 82.5 Å². The molecule has 0 fully saturated rings. The Labute approximate surface area is 136 Å². The quantitative estimate of drug-likeness (QED) is 0.561. The van der Waals surface area contributed by atoms with Crippen LogP contribution in [0.1, 0.15) is 10.4 Å². The summed E-state index contributed by atoms with van der Waals surface area (Å²) in [7, 11) is 0. The summed E-state index contributed by atoms with van der Waals surface area (Å²) >= 11 is 0. The fourth-order valence-corrected chi connectivity index (χ4v) is 2.93. The van der Waals surface area contributed by atoms with Crippen LogP contribution >= 0.6 is 0 Å². The third-order valence-electron chi connectivity index (χ3n) is 4.00. The molecule has 2 aromatic carbocycles. The van der Waals surface area contributed by atoms with Crippen molar-refractivity contribution in [3.8, 4) is 22.5 Å². The van der Waals surface area contributed by atoms with Crippen molar-refractivity contribution in [1.29, 1.82) is 0 Å². The first kappa shape index (κ1) is 14.2. The molecule has 0 unspecified atom stereocenters. The van der Waals surface area contributed by atoms with Crippen LogP contribution in [0.25, 0.3) is 33.4 Å². The van der Waals surface area contributed by atoms with Gasteiger partial charge in [0.1, 0.15) is 11.3 Å². The second-order valence-corrected chi connectivity index (χ2v) is 5.52. The van der Waals surface area contributed by atoms with Gasteiger partial charge in [-0.3, -0.25) is 4.79 Å². The highest BCUT2D eigenvalue weighted by Gasteiger charge is 2.18. The highest BCUT2D eigenvalue weighted by molar-refractivity contribution is 5.99. The molecule has 0 amide bonds. The van der Waals surface area contributed by atoms with E-state index in [1.54, 1.807) is 18.2 Å². The van der Waals surface area contributed by atoms with Crippen molar-refractivity contribution >= 4 is 16.9 Å². The van der Waals surface area contributed by atoms with E-state index < -0.39 is 5.97 Å². The molecule has 0 saturated carbocycles. The molecule has 1 aliphatic carbocycles. The molecule has 0 spiro atoms. The van der Waals surface area contributed by atoms with E-state index in [4.69, 9.17) is 4.42 Å². The van der Waals surface area contributed by atoms with Crippen LogP contribution in [0.5, 0.6) is 0 Å². The van der Waals surface area contributed by atoms with Gasteiger partial charge in [0, 0.05) is 17.0 Å². The van der Waals surface area contributed by atoms with Gasteiger partial charge >= 0.3 is 5.97 Å². The van der Waals surface area contributed by atoms with Gasteiger partial charge in [0.05, 0.1) is 5.56 Å². The molecule has 2 aromatic rings. The second kappa shape index (κ2) is 5.35. The molecular weight excluding hydrogens is 304 g/mol. The predicted molar refractivity (Wildman–Crippen MR) is 91.5 cm³/mol. The van der Waals surface area contributed by atoms with E-state index in [9.17, 15) is 14.7 Å². The van der Waals surface area contributed by atoms with E-state index in [-0.39, 0.29) is 11.0 Å². The van der Waals surface area contributed by atoms with E-state index in [2.05, 4.69) is 0 Å². The first-order chi connectivity index (χ1) is 11.6. The lowest BCUT2D eigenvalue weighted by molar-refractivity contribution is 0.0697. The van der Waals surface area contributed by atoms with E-state index in [0.717, 1.165) is 5.39 Å². The minimum atomic E-state index is -1.03. The van der Waals surface area contributed by atoms with E-state index in [1.165, 1.54) is 18.2 Å². The summed E-state index contributed by atoms with van der Waals surface area (Å²) < 4.78 is 5.84.